The van der Waals surface area contributed by atoms with Crippen LogP contribution in [0.4, 0.5) is 5.69 Å². The maximum Gasteiger partial charge on any atom is 0.225 e. The van der Waals surface area contributed by atoms with Gasteiger partial charge >= 0.3 is 0 Å². The highest BCUT2D eigenvalue weighted by atomic mass is 16.5. The summed E-state index contributed by atoms with van der Waals surface area (Å²) in [6, 6.07) is 7.12. The Morgan fingerprint density at radius 3 is 2.71 bits per heavy atom. The molecule has 0 bridgehead atoms. The van der Waals surface area contributed by atoms with Gasteiger partial charge in [0.2, 0.25) is 5.91 Å². The Bertz CT molecular complexity index is 393. The lowest BCUT2D eigenvalue weighted by Crippen LogP contribution is -2.11. The number of nitrogens with two attached hydrogens (primary N) is 1. The van der Waals surface area contributed by atoms with Crippen LogP contribution in [-0.4, -0.2) is 19.1 Å². The largest absolute Gasteiger partial charge is 0.492 e. The van der Waals surface area contributed by atoms with E-state index >= 15 is 0 Å². The number of amides is 1. The van der Waals surface area contributed by atoms with E-state index in [1.807, 2.05) is 0 Å². The zero-order chi connectivity index (χ0) is 12.5. The number of hydrogen-bond acceptors (Lipinski definition) is 3. The third kappa shape index (κ3) is 5.05. The first-order valence-electron chi connectivity index (χ1n) is 5.42. The Kier molecular flexibility index (Phi) is 5.62. The number of anilines is 1. The number of hydrogen-bond donors (Lipinski definition) is 2. The van der Waals surface area contributed by atoms with Crippen molar-refractivity contribution < 1.29 is 9.53 Å². The predicted octanol–water partition coefficient (Wildman–Crippen LogP) is 1.38. The van der Waals surface area contributed by atoms with Crippen LogP contribution in [0.2, 0.25) is 0 Å². The molecule has 1 rings (SSSR count). The van der Waals surface area contributed by atoms with Crippen LogP contribution in [0.1, 0.15) is 12.8 Å². The number of ether oxygens (including phenoxy) is 1. The monoisotopic (exact) mass is 232 g/mol. The lowest BCUT2D eigenvalue weighted by Gasteiger charge is -2.07. The van der Waals surface area contributed by atoms with E-state index in [0.717, 1.165) is 11.4 Å². The molecular weight excluding hydrogens is 216 g/mol. The van der Waals surface area contributed by atoms with Crippen LogP contribution >= 0.6 is 0 Å². The average Bonchev–Trinajstić information content (AvgIpc) is 2.35. The molecule has 0 spiro atoms. The summed E-state index contributed by atoms with van der Waals surface area (Å²) < 4.78 is 5.32. The minimum atomic E-state index is -0.0847. The molecule has 0 fully saturated rings. The van der Waals surface area contributed by atoms with Gasteiger partial charge in [-0.15, -0.1) is 12.3 Å². The van der Waals surface area contributed by atoms with Crippen molar-refractivity contribution >= 4 is 11.6 Å². The smallest absolute Gasteiger partial charge is 0.225 e. The number of carbonyl (C=O) groups is 1. The average molecular weight is 232 g/mol. The molecule has 90 valence electrons. The molecule has 0 aliphatic heterocycles. The van der Waals surface area contributed by atoms with Crippen molar-refractivity contribution in [2.75, 3.05) is 18.5 Å². The number of terminal acetylenes is 1. The Hall–Kier alpha value is -1.99. The lowest BCUT2D eigenvalue weighted by molar-refractivity contribution is -0.116. The predicted molar refractivity (Wildman–Crippen MR) is 67.7 cm³/mol. The first-order chi connectivity index (χ1) is 8.26. The van der Waals surface area contributed by atoms with Crippen molar-refractivity contribution in [2.45, 2.75) is 12.8 Å². The second-order valence-electron chi connectivity index (χ2n) is 3.41. The molecule has 1 amide bonds. The SMILES string of the molecule is C#CCCC(=O)Nc1ccc(OCCN)cc1. The molecule has 17 heavy (non-hydrogen) atoms. The quantitative estimate of drug-likeness (QED) is 0.728. The van der Waals surface area contributed by atoms with Crippen LogP contribution in [0.15, 0.2) is 24.3 Å². The topological polar surface area (TPSA) is 64.3 Å². The first kappa shape index (κ1) is 13.1. The van der Waals surface area contributed by atoms with Gasteiger partial charge < -0.3 is 15.8 Å². The van der Waals surface area contributed by atoms with Crippen molar-refractivity contribution in [1.29, 1.82) is 0 Å². The fourth-order valence-electron chi connectivity index (χ4n) is 1.22. The summed E-state index contributed by atoms with van der Waals surface area (Å²) in [5.41, 5.74) is 6.05. The first-order valence-corrected chi connectivity index (χ1v) is 5.42. The molecule has 3 N–H and O–H groups in total. The van der Waals surface area contributed by atoms with Gasteiger partial charge in [-0.2, -0.15) is 0 Å². The van der Waals surface area contributed by atoms with Gasteiger partial charge in [0.1, 0.15) is 12.4 Å². The third-order valence-corrected chi connectivity index (χ3v) is 2.02. The van der Waals surface area contributed by atoms with Gasteiger partial charge in [-0.1, -0.05) is 0 Å². The maximum absolute atomic E-state index is 11.4. The van der Waals surface area contributed by atoms with Gasteiger partial charge in [-0.25, -0.2) is 0 Å². The van der Waals surface area contributed by atoms with Gasteiger partial charge in [0, 0.05) is 25.1 Å². The van der Waals surface area contributed by atoms with E-state index in [0.29, 0.717) is 26.0 Å². The number of carbonyl (C=O) groups excluding carboxylic acids is 1. The highest BCUT2D eigenvalue weighted by molar-refractivity contribution is 5.90. The summed E-state index contributed by atoms with van der Waals surface area (Å²) in [5, 5.41) is 2.75. The highest BCUT2D eigenvalue weighted by Gasteiger charge is 2.01. The van der Waals surface area contributed by atoms with E-state index in [1.165, 1.54) is 0 Å². The summed E-state index contributed by atoms with van der Waals surface area (Å²) in [7, 11) is 0. The Labute approximate surface area is 101 Å². The van der Waals surface area contributed by atoms with Crippen molar-refractivity contribution in [3.05, 3.63) is 24.3 Å². The molecule has 0 aliphatic rings. The number of benzene rings is 1. The third-order valence-electron chi connectivity index (χ3n) is 2.02. The van der Waals surface area contributed by atoms with E-state index < -0.39 is 0 Å². The van der Waals surface area contributed by atoms with Crippen LogP contribution in [-0.2, 0) is 4.79 Å². The van der Waals surface area contributed by atoms with Crippen LogP contribution in [0.3, 0.4) is 0 Å². The molecule has 0 radical (unpaired) electrons. The van der Waals surface area contributed by atoms with Gasteiger partial charge in [-0.05, 0) is 24.3 Å². The van der Waals surface area contributed by atoms with Gasteiger partial charge in [0.15, 0.2) is 0 Å². The highest BCUT2D eigenvalue weighted by Crippen LogP contribution is 2.15. The van der Waals surface area contributed by atoms with Gasteiger partial charge in [0.05, 0.1) is 0 Å². The second-order valence-corrected chi connectivity index (χ2v) is 3.41. The zero-order valence-electron chi connectivity index (χ0n) is 9.61. The lowest BCUT2D eigenvalue weighted by atomic mass is 10.2. The zero-order valence-corrected chi connectivity index (χ0v) is 9.61. The Morgan fingerprint density at radius 1 is 1.41 bits per heavy atom. The Balaban J connectivity index is 2.45. The Morgan fingerprint density at radius 2 is 2.12 bits per heavy atom. The molecular formula is C13H16N2O2. The van der Waals surface area contributed by atoms with Crippen LogP contribution in [0.25, 0.3) is 0 Å². The molecule has 0 unspecified atom stereocenters. The molecule has 4 nitrogen and oxygen atoms in total. The van der Waals surface area contributed by atoms with E-state index in [-0.39, 0.29) is 5.91 Å². The molecule has 1 aromatic carbocycles. The van der Waals surface area contributed by atoms with Crippen molar-refractivity contribution in [2.24, 2.45) is 5.73 Å². The van der Waals surface area contributed by atoms with Crippen LogP contribution in [0.5, 0.6) is 5.75 Å². The number of nitrogens with one attached hydrogen (secondary N) is 1. The van der Waals surface area contributed by atoms with Crippen molar-refractivity contribution in [3.63, 3.8) is 0 Å². The summed E-state index contributed by atoms with van der Waals surface area (Å²) in [6.07, 6.45) is 5.86. The minimum absolute atomic E-state index is 0.0847. The van der Waals surface area contributed by atoms with Gasteiger partial charge in [-0.3, -0.25) is 4.79 Å². The molecule has 0 atom stereocenters. The normalized spacial score (nSPS) is 9.41. The van der Waals surface area contributed by atoms with Crippen LogP contribution in [0, 0.1) is 12.3 Å². The molecule has 0 heterocycles. The van der Waals surface area contributed by atoms with E-state index in [1.54, 1.807) is 24.3 Å². The molecule has 0 aliphatic carbocycles. The summed E-state index contributed by atoms with van der Waals surface area (Å²) in [6.45, 7) is 0.957. The summed E-state index contributed by atoms with van der Waals surface area (Å²) in [4.78, 5) is 11.4. The van der Waals surface area contributed by atoms with E-state index in [2.05, 4.69) is 11.2 Å². The van der Waals surface area contributed by atoms with Gasteiger partial charge in [0.25, 0.3) is 0 Å². The van der Waals surface area contributed by atoms with E-state index in [9.17, 15) is 4.79 Å². The summed E-state index contributed by atoms with van der Waals surface area (Å²) >= 11 is 0. The molecule has 0 saturated heterocycles. The molecule has 0 aromatic heterocycles. The molecule has 1 aromatic rings. The van der Waals surface area contributed by atoms with Crippen LogP contribution < -0.4 is 15.8 Å². The fourth-order valence-corrected chi connectivity index (χ4v) is 1.22. The fraction of sp³-hybridized carbons (Fsp3) is 0.308. The minimum Gasteiger partial charge on any atom is -0.492 e. The molecule has 4 heteroatoms. The standard InChI is InChI=1S/C13H16N2O2/c1-2-3-4-13(16)15-11-5-7-12(8-6-11)17-10-9-14/h1,5-8H,3-4,9-10,14H2,(H,15,16). The van der Waals surface area contributed by atoms with Crippen molar-refractivity contribution in [3.8, 4) is 18.1 Å². The maximum atomic E-state index is 11.4. The molecule has 0 saturated carbocycles. The van der Waals surface area contributed by atoms with E-state index in [4.69, 9.17) is 16.9 Å². The van der Waals surface area contributed by atoms with Crippen molar-refractivity contribution in [1.82, 2.24) is 0 Å². The number of rotatable bonds is 6. The summed E-state index contributed by atoms with van der Waals surface area (Å²) in [5.74, 6) is 3.07. The second kappa shape index (κ2) is 7.31.